The van der Waals surface area contributed by atoms with Crippen LogP contribution >= 0.6 is 0 Å². The van der Waals surface area contributed by atoms with Gasteiger partial charge in [-0.1, -0.05) is 6.07 Å². The first-order chi connectivity index (χ1) is 10.0. The summed E-state index contributed by atoms with van der Waals surface area (Å²) in [5, 5.41) is 18.2. The second-order valence-corrected chi connectivity index (χ2v) is 4.65. The molecule has 0 radical (unpaired) electrons. The molecule has 7 nitrogen and oxygen atoms in total. The predicted molar refractivity (Wildman–Crippen MR) is 80.3 cm³/mol. The van der Waals surface area contributed by atoms with E-state index in [2.05, 4.69) is 15.6 Å². The van der Waals surface area contributed by atoms with Crippen molar-refractivity contribution in [2.24, 2.45) is 0 Å². The lowest BCUT2D eigenvalue weighted by Crippen LogP contribution is -2.26. The minimum Gasteiger partial charge on any atom is -0.368 e. The second kappa shape index (κ2) is 6.17. The van der Waals surface area contributed by atoms with Crippen LogP contribution in [0.5, 0.6) is 0 Å². The Labute approximate surface area is 121 Å². The predicted octanol–water partition coefficient (Wildman–Crippen LogP) is 2.00. The van der Waals surface area contributed by atoms with E-state index in [4.69, 9.17) is 0 Å². The zero-order chi connectivity index (χ0) is 15.4. The van der Waals surface area contributed by atoms with Crippen molar-refractivity contribution in [1.29, 1.82) is 0 Å². The monoisotopic (exact) mass is 288 g/mol. The molecule has 110 valence electrons. The minimum atomic E-state index is -0.376. The van der Waals surface area contributed by atoms with E-state index in [-0.39, 0.29) is 16.5 Å². The normalized spacial score (nSPS) is 10.4. The van der Waals surface area contributed by atoms with Gasteiger partial charge in [0.15, 0.2) is 0 Å². The Morgan fingerprint density at radius 3 is 2.71 bits per heavy atom. The van der Waals surface area contributed by atoms with Crippen molar-refractivity contribution in [1.82, 2.24) is 10.3 Å². The summed E-state index contributed by atoms with van der Waals surface area (Å²) in [6.45, 7) is 4.11. The van der Waals surface area contributed by atoms with Crippen LogP contribution in [0.4, 0.5) is 11.5 Å². The Kier molecular flexibility index (Phi) is 4.32. The van der Waals surface area contributed by atoms with E-state index in [0.717, 1.165) is 0 Å². The molecular formula is C14H16N4O3. The van der Waals surface area contributed by atoms with Crippen LogP contribution in [0.25, 0.3) is 10.8 Å². The smallest absolute Gasteiger partial charge is 0.280 e. The third-order valence-electron chi connectivity index (χ3n) is 3.09. The molecule has 1 heterocycles. The summed E-state index contributed by atoms with van der Waals surface area (Å²) in [6, 6.07) is 5.16. The third kappa shape index (κ3) is 3.25. The Bertz CT molecular complexity index is 700. The fourth-order valence-corrected chi connectivity index (χ4v) is 2.15. The van der Waals surface area contributed by atoms with Gasteiger partial charge in [-0.05, 0) is 19.1 Å². The molecule has 0 aliphatic carbocycles. The van der Waals surface area contributed by atoms with Gasteiger partial charge in [0.2, 0.25) is 5.91 Å². The molecular weight excluding hydrogens is 272 g/mol. The van der Waals surface area contributed by atoms with Crippen LogP contribution in [-0.4, -0.2) is 28.9 Å². The molecule has 1 aromatic heterocycles. The molecule has 0 atom stereocenters. The average molecular weight is 288 g/mol. The highest BCUT2D eigenvalue weighted by molar-refractivity contribution is 5.98. The number of rotatable bonds is 5. The molecule has 0 saturated heterocycles. The number of aryl methyl sites for hydroxylation is 1. The van der Waals surface area contributed by atoms with Crippen LogP contribution in [0.15, 0.2) is 24.4 Å². The van der Waals surface area contributed by atoms with E-state index >= 15 is 0 Å². The van der Waals surface area contributed by atoms with Gasteiger partial charge in [-0.2, -0.15) is 0 Å². The summed E-state index contributed by atoms with van der Waals surface area (Å²) in [6.07, 6.45) is 1.54. The number of nitrogens with one attached hydrogen (secondary N) is 2. The van der Waals surface area contributed by atoms with Crippen LogP contribution in [0, 0.1) is 17.0 Å². The summed E-state index contributed by atoms with van der Waals surface area (Å²) >= 11 is 0. The Morgan fingerprint density at radius 1 is 1.29 bits per heavy atom. The molecule has 21 heavy (non-hydrogen) atoms. The van der Waals surface area contributed by atoms with Crippen molar-refractivity contribution in [3.05, 3.63) is 40.1 Å². The maximum atomic E-state index is 11.2. The van der Waals surface area contributed by atoms with Crippen molar-refractivity contribution in [3.63, 3.8) is 0 Å². The molecule has 0 bridgehead atoms. The summed E-state index contributed by atoms with van der Waals surface area (Å²) in [7, 11) is 0. The zero-order valence-corrected chi connectivity index (χ0v) is 11.8. The highest BCUT2D eigenvalue weighted by Gasteiger charge is 2.17. The summed E-state index contributed by atoms with van der Waals surface area (Å²) in [4.78, 5) is 25.8. The van der Waals surface area contributed by atoms with Gasteiger partial charge in [0, 0.05) is 37.2 Å². The number of amides is 1. The van der Waals surface area contributed by atoms with Crippen molar-refractivity contribution in [3.8, 4) is 0 Å². The number of benzene rings is 1. The quantitative estimate of drug-likeness (QED) is 0.498. The van der Waals surface area contributed by atoms with Crippen LogP contribution in [0.2, 0.25) is 0 Å². The Balaban J connectivity index is 2.31. The number of nitro benzene ring substituents is 1. The van der Waals surface area contributed by atoms with Gasteiger partial charge in [-0.15, -0.1) is 0 Å². The maximum Gasteiger partial charge on any atom is 0.280 e. The molecule has 2 aromatic rings. The van der Waals surface area contributed by atoms with Gasteiger partial charge in [-0.25, -0.2) is 4.98 Å². The molecule has 1 amide bonds. The number of pyridine rings is 1. The number of carbonyl (C=O) groups excluding carboxylic acids is 1. The van der Waals surface area contributed by atoms with Crippen LogP contribution in [0.1, 0.15) is 12.5 Å². The lowest BCUT2D eigenvalue weighted by Gasteiger charge is -2.10. The van der Waals surface area contributed by atoms with Gasteiger partial charge in [0.1, 0.15) is 5.82 Å². The minimum absolute atomic E-state index is 0.0970. The van der Waals surface area contributed by atoms with E-state index in [1.54, 1.807) is 19.1 Å². The number of carbonyl (C=O) groups is 1. The standard InChI is InChI=1S/C14H16N4O3/c1-9-3-4-12-11(13(9)18(20)21)5-6-16-14(12)17-8-7-15-10(2)19/h3-6H,7-8H2,1-2H3,(H,15,19)(H,16,17). The highest BCUT2D eigenvalue weighted by Crippen LogP contribution is 2.31. The summed E-state index contributed by atoms with van der Waals surface area (Å²) in [5.74, 6) is 0.467. The topological polar surface area (TPSA) is 97.2 Å². The molecule has 0 spiro atoms. The SMILES string of the molecule is CC(=O)NCCNc1nccc2c([N+](=O)[O-])c(C)ccc12. The van der Waals surface area contributed by atoms with E-state index in [1.807, 2.05) is 6.07 Å². The molecule has 0 saturated carbocycles. The zero-order valence-electron chi connectivity index (χ0n) is 11.8. The first-order valence-electron chi connectivity index (χ1n) is 6.51. The second-order valence-electron chi connectivity index (χ2n) is 4.65. The number of nitro groups is 1. The maximum absolute atomic E-state index is 11.2. The lowest BCUT2D eigenvalue weighted by atomic mass is 10.1. The van der Waals surface area contributed by atoms with Crippen LogP contribution in [-0.2, 0) is 4.79 Å². The third-order valence-corrected chi connectivity index (χ3v) is 3.09. The van der Waals surface area contributed by atoms with E-state index in [0.29, 0.717) is 35.2 Å². The summed E-state index contributed by atoms with van der Waals surface area (Å²) < 4.78 is 0. The number of hydrogen-bond acceptors (Lipinski definition) is 5. The molecule has 1 aromatic carbocycles. The number of hydrogen-bond donors (Lipinski definition) is 2. The molecule has 2 rings (SSSR count). The van der Waals surface area contributed by atoms with Crippen LogP contribution in [0.3, 0.4) is 0 Å². The fraction of sp³-hybridized carbons (Fsp3) is 0.286. The lowest BCUT2D eigenvalue weighted by molar-refractivity contribution is -0.383. The Hall–Kier alpha value is -2.70. The molecule has 0 aliphatic heterocycles. The number of anilines is 1. The number of fused-ring (bicyclic) bond motifs is 1. The van der Waals surface area contributed by atoms with Crippen molar-refractivity contribution in [2.45, 2.75) is 13.8 Å². The van der Waals surface area contributed by atoms with Crippen molar-refractivity contribution in [2.75, 3.05) is 18.4 Å². The first-order valence-corrected chi connectivity index (χ1v) is 6.51. The molecule has 0 aliphatic rings. The number of aromatic nitrogens is 1. The van der Waals surface area contributed by atoms with Gasteiger partial charge in [0.25, 0.3) is 5.69 Å². The van der Waals surface area contributed by atoms with E-state index in [1.165, 1.54) is 13.1 Å². The highest BCUT2D eigenvalue weighted by atomic mass is 16.6. The van der Waals surface area contributed by atoms with Crippen LogP contribution < -0.4 is 10.6 Å². The van der Waals surface area contributed by atoms with Gasteiger partial charge >= 0.3 is 0 Å². The average Bonchev–Trinajstić information content (AvgIpc) is 2.42. The largest absolute Gasteiger partial charge is 0.368 e. The Morgan fingerprint density at radius 2 is 2.05 bits per heavy atom. The van der Waals surface area contributed by atoms with E-state index in [9.17, 15) is 14.9 Å². The fourth-order valence-electron chi connectivity index (χ4n) is 2.15. The molecule has 0 fully saturated rings. The van der Waals surface area contributed by atoms with Gasteiger partial charge in [0.05, 0.1) is 10.3 Å². The van der Waals surface area contributed by atoms with Gasteiger partial charge in [-0.3, -0.25) is 14.9 Å². The molecule has 7 heteroatoms. The van der Waals surface area contributed by atoms with Crippen molar-refractivity contribution < 1.29 is 9.72 Å². The number of nitrogens with zero attached hydrogens (tertiary/aromatic N) is 2. The van der Waals surface area contributed by atoms with E-state index < -0.39 is 0 Å². The first kappa shape index (κ1) is 14.7. The molecule has 0 unspecified atom stereocenters. The summed E-state index contributed by atoms with van der Waals surface area (Å²) in [5.41, 5.74) is 0.711. The van der Waals surface area contributed by atoms with Crippen molar-refractivity contribution >= 4 is 28.2 Å². The van der Waals surface area contributed by atoms with Gasteiger partial charge < -0.3 is 10.6 Å². The molecule has 2 N–H and O–H groups in total.